The van der Waals surface area contributed by atoms with Crippen LogP contribution in [0.3, 0.4) is 0 Å². The van der Waals surface area contributed by atoms with E-state index in [-0.39, 0.29) is 5.91 Å². The lowest BCUT2D eigenvalue weighted by molar-refractivity contribution is 0.0944. The molecular weight excluding hydrogens is 332 g/mol. The molecule has 0 spiro atoms. The number of benzene rings is 1. The van der Waals surface area contributed by atoms with Crippen LogP contribution < -0.4 is 10.6 Å². The maximum absolute atomic E-state index is 12.0. The molecule has 0 bridgehead atoms. The Balaban J connectivity index is 2.08. The molecule has 0 unspecified atom stereocenters. The number of carbonyl (C=O) groups is 1. The predicted molar refractivity (Wildman–Crippen MR) is 86.6 cm³/mol. The molecular formula is C15H17BrN4O. The van der Waals surface area contributed by atoms with E-state index in [1.165, 1.54) is 6.33 Å². The molecule has 2 N–H and O–H groups in total. The number of hydrogen-bond acceptors (Lipinski definition) is 4. The van der Waals surface area contributed by atoms with Crippen molar-refractivity contribution in [1.82, 2.24) is 15.3 Å². The number of rotatable bonds is 5. The number of amides is 1. The topological polar surface area (TPSA) is 66.9 Å². The van der Waals surface area contributed by atoms with Crippen LogP contribution in [0.4, 0.5) is 11.5 Å². The first-order valence-electron chi connectivity index (χ1n) is 6.67. The second kappa shape index (κ2) is 7.17. The third kappa shape index (κ3) is 4.82. The first kappa shape index (κ1) is 15.4. The third-order valence-corrected chi connectivity index (χ3v) is 3.16. The van der Waals surface area contributed by atoms with E-state index in [1.54, 1.807) is 6.07 Å². The van der Waals surface area contributed by atoms with Crippen LogP contribution >= 0.6 is 15.9 Å². The molecule has 1 heterocycles. The molecule has 0 atom stereocenters. The zero-order valence-corrected chi connectivity index (χ0v) is 13.5. The Labute approximate surface area is 132 Å². The van der Waals surface area contributed by atoms with Gasteiger partial charge in [-0.25, -0.2) is 9.97 Å². The summed E-state index contributed by atoms with van der Waals surface area (Å²) in [4.78, 5) is 20.1. The highest BCUT2D eigenvalue weighted by atomic mass is 79.9. The van der Waals surface area contributed by atoms with Gasteiger partial charge in [0, 0.05) is 22.8 Å². The highest BCUT2D eigenvalue weighted by Gasteiger charge is 2.09. The van der Waals surface area contributed by atoms with E-state index in [1.807, 2.05) is 38.1 Å². The maximum atomic E-state index is 12.0. The van der Waals surface area contributed by atoms with E-state index < -0.39 is 0 Å². The second-order valence-electron chi connectivity index (χ2n) is 5.03. The zero-order valence-electron chi connectivity index (χ0n) is 11.9. The predicted octanol–water partition coefficient (Wildman–Crippen LogP) is 3.37. The largest absolute Gasteiger partial charge is 0.350 e. The van der Waals surface area contributed by atoms with Gasteiger partial charge in [0.1, 0.15) is 17.8 Å². The monoisotopic (exact) mass is 348 g/mol. The van der Waals surface area contributed by atoms with Gasteiger partial charge in [-0.05, 0) is 24.1 Å². The number of aromatic nitrogens is 2. The summed E-state index contributed by atoms with van der Waals surface area (Å²) in [5.74, 6) is 0.788. The summed E-state index contributed by atoms with van der Waals surface area (Å²) in [6.45, 7) is 4.71. The third-order valence-electron chi connectivity index (χ3n) is 2.67. The van der Waals surface area contributed by atoms with Crippen molar-refractivity contribution in [3.63, 3.8) is 0 Å². The number of hydrogen-bond donors (Lipinski definition) is 2. The fraction of sp³-hybridized carbons (Fsp3) is 0.267. The zero-order chi connectivity index (χ0) is 15.2. The molecule has 0 saturated carbocycles. The minimum Gasteiger partial charge on any atom is -0.350 e. The second-order valence-corrected chi connectivity index (χ2v) is 5.94. The van der Waals surface area contributed by atoms with Crippen LogP contribution in [-0.2, 0) is 0 Å². The first-order valence-corrected chi connectivity index (χ1v) is 7.46. The normalized spacial score (nSPS) is 10.5. The van der Waals surface area contributed by atoms with Gasteiger partial charge in [0.2, 0.25) is 0 Å². The van der Waals surface area contributed by atoms with Gasteiger partial charge in [-0.15, -0.1) is 0 Å². The number of halogens is 1. The molecule has 0 aliphatic carbocycles. The summed E-state index contributed by atoms with van der Waals surface area (Å²) in [6.07, 6.45) is 1.38. The number of nitrogens with zero attached hydrogens (tertiary/aromatic N) is 2. The van der Waals surface area contributed by atoms with Gasteiger partial charge in [0.05, 0.1) is 0 Å². The van der Waals surface area contributed by atoms with E-state index in [0.29, 0.717) is 24.0 Å². The van der Waals surface area contributed by atoms with Crippen molar-refractivity contribution in [3.8, 4) is 0 Å². The Kier molecular flexibility index (Phi) is 5.27. The molecule has 0 aliphatic heterocycles. The van der Waals surface area contributed by atoms with Crippen molar-refractivity contribution < 1.29 is 4.79 Å². The maximum Gasteiger partial charge on any atom is 0.270 e. The summed E-state index contributed by atoms with van der Waals surface area (Å²) < 4.78 is 0.969. The van der Waals surface area contributed by atoms with Crippen LogP contribution in [0.1, 0.15) is 24.3 Å². The molecule has 1 aromatic carbocycles. The van der Waals surface area contributed by atoms with Crippen molar-refractivity contribution in [2.75, 3.05) is 11.9 Å². The van der Waals surface area contributed by atoms with Crippen molar-refractivity contribution in [2.24, 2.45) is 5.92 Å². The highest BCUT2D eigenvalue weighted by Crippen LogP contribution is 2.19. The smallest absolute Gasteiger partial charge is 0.270 e. The molecule has 0 radical (unpaired) electrons. The minimum atomic E-state index is -0.191. The van der Waals surface area contributed by atoms with Crippen LogP contribution in [0.15, 0.2) is 41.1 Å². The fourth-order valence-electron chi connectivity index (χ4n) is 1.65. The Bertz CT molecular complexity index is 631. The fourth-order valence-corrected chi connectivity index (χ4v) is 2.05. The van der Waals surface area contributed by atoms with E-state index >= 15 is 0 Å². The van der Waals surface area contributed by atoms with E-state index in [0.717, 1.165) is 10.2 Å². The first-order chi connectivity index (χ1) is 10.0. The van der Waals surface area contributed by atoms with Gasteiger partial charge in [0.15, 0.2) is 0 Å². The van der Waals surface area contributed by atoms with E-state index in [4.69, 9.17) is 0 Å². The Morgan fingerprint density at radius 1 is 1.29 bits per heavy atom. The Morgan fingerprint density at radius 2 is 2.10 bits per heavy atom. The lowest BCUT2D eigenvalue weighted by Gasteiger charge is -2.09. The SMILES string of the molecule is CC(C)CNC(=O)c1cc(Nc2cccc(Br)c2)ncn1. The van der Waals surface area contributed by atoms with Gasteiger partial charge in [-0.1, -0.05) is 35.8 Å². The molecule has 1 aromatic heterocycles. The van der Waals surface area contributed by atoms with Crippen LogP contribution in [0, 0.1) is 5.92 Å². The molecule has 2 rings (SSSR count). The molecule has 21 heavy (non-hydrogen) atoms. The van der Waals surface area contributed by atoms with Crippen LogP contribution in [-0.4, -0.2) is 22.4 Å². The lowest BCUT2D eigenvalue weighted by Crippen LogP contribution is -2.28. The molecule has 6 heteroatoms. The molecule has 0 fully saturated rings. The lowest BCUT2D eigenvalue weighted by atomic mass is 10.2. The van der Waals surface area contributed by atoms with Crippen molar-refractivity contribution in [2.45, 2.75) is 13.8 Å². The Morgan fingerprint density at radius 3 is 2.81 bits per heavy atom. The quantitative estimate of drug-likeness (QED) is 0.869. The van der Waals surface area contributed by atoms with Crippen molar-refractivity contribution in [3.05, 3.63) is 46.8 Å². The van der Waals surface area contributed by atoms with Crippen LogP contribution in [0.25, 0.3) is 0 Å². The summed E-state index contributed by atoms with van der Waals surface area (Å²) in [6, 6.07) is 9.35. The summed E-state index contributed by atoms with van der Waals surface area (Å²) >= 11 is 3.41. The average molecular weight is 349 g/mol. The molecule has 5 nitrogen and oxygen atoms in total. The van der Waals surface area contributed by atoms with Gasteiger partial charge in [0.25, 0.3) is 5.91 Å². The van der Waals surface area contributed by atoms with Crippen LogP contribution in [0.2, 0.25) is 0 Å². The molecule has 0 aliphatic rings. The van der Waals surface area contributed by atoms with Crippen molar-refractivity contribution in [1.29, 1.82) is 0 Å². The number of anilines is 2. The summed E-state index contributed by atoms with van der Waals surface area (Å²) in [7, 11) is 0. The summed E-state index contributed by atoms with van der Waals surface area (Å²) in [5, 5.41) is 5.98. The standard InChI is InChI=1S/C15H17BrN4O/c1-10(2)8-17-15(21)13-7-14(19-9-18-13)20-12-5-3-4-11(16)6-12/h3-7,9-10H,8H2,1-2H3,(H,17,21)(H,18,19,20). The highest BCUT2D eigenvalue weighted by molar-refractivity contribution is 9.10. The Hall–Kier alpha value is -1.95. The number of nitrogens with one attached hydrogen (secondary N) is 2. The minimum absolute atomic E-state index is 0.191. The van der Waals surface area contributed by atoms with Crippen molar-refractivity contribution >= 4 is 33.3 Å². The molecule has 0 saturated heterocycles. The van der Waals surface area contributed by atoms with E-state index in [2.05, 4.69) is 36.5 Å². The van der Waals surface area contributed by atoms with E-state index in [9.17, 15) is 4.79 Å². The van der Waals surface area contributed by atoms with Gasteiger partial charge >= 0.3 is 0 Å². The number of carbonyl (C=O) groups excluding carboxylic acids is 1. The molecule has 110 valence electrons. The van der Waals surface area contributed by atoms with Gasteiger partial charge in [-0.2, -0.15) is 0 Å². The molecule has 1 amide bonds. The van der Waals surface area contributed by atoms with Gasteiger partial charge < -0.3 is 10.6 Å². The van der Waals surface area contributed by atoms with Gasteiger partial charge in [-0.3, -0.25) is 4.79 Å². The van der Waals surface area contributed by atoms with Crippen LogP contribution in [0.5, 0.6) is 0 Å². The average Bonchev–Trinajstić information content (AvgIpc) is 2.45. The summed E-state index contributed by atoms with van der Waals surface area (Å²) in [5.41, 5.74) is 1.24. The molecule has 2 aromatic rings.